The van der Waals surface area contributed by atoms with Gasteiger partial charge in [0.25, 0.3) is 5.91 Å². The van der Waals surface area contributed by atoms with Crippen molar-refractivity contribution in [1.29, 1.82) is 0 Å². The van der Waals surface area contributed by atoms with Crippen LogP contribution in [-0.2, 0) is 16.1 Å². The number of aryl methyl sites for hydroxylation is 1. The van der Waals surface area contributed by atoms with Gasteiger partial charge in [0.2, 0.25) is 0 Å². The monoisotopic (exact) mass is 449 g/mol. The minimum absolute atomic E-state index is 0.290. The number of nitrogens with zero attached hydrogens (tertiary/aromatic N) is 4. The van der Waals surface area contributed by atoms with Gasteiger partial charge in [-0.1, -0.05) is 41.9 Å². The molecule has 9 heteroatoms. The van der Waals surface area contributed by atoms with Crippen LogP contribution in [0.15, 0.2) is 60.9 Å². The summed E-state index contributed by atoms with van der Waals surface area (Å²) < 4.78 is 7.18. The van der Waals surface area contributed by atoms with Crippen molar-refractivity contribution in [2.24, 2.45) is 0 Å². The van der Waals surface area contributed by atoms with E-state index in [0.717, 1.165) is 5.56 Å². The van der Waals surface area contributed by atoms with Crippen molar-refractivity contribution in [3.05, 3.63) is 71.5 Å². The van der Waals surface area contributed by atoms with Crippen LogP contribution in [0, 0.1) is 0 Å². The first-order chi connectivity index (χ1) is 15.5. The van der Waals surface area contributed by atoms with E-state index in [1.54, 1.807) is 29.1 Å². The zero-order chi connectivity index (χ0) is 22.7. The molecule has 3 heterocycles. The van der Waals surface area contributed by atoms with Crippen LogP contribution < -0.4 is 5.32 Å². The summed E-state index contributed by atoms with van der Waals surface area (Å²) in [6.45, 7) is 4.03. The Labute approximate surface area is 189 Å². The quantitative estimate of drug-likeness (QED) is 0.439. The van der Waals surface area contributed by atoms with Gasteiger partial charge in [0.1, 0.15) is 5.82 Å². The van der Waals surface area contributed by atoms with E-state index in [0.29, 0.717) is 34.1 Å². The van der Waals surface area contributed by atoms with Crippen LogP contribution in [0.4, 0.5) is 5.82 Å². The van der Waals surface area contributed by atoms with Gasteiger partial charge >= 0.3 is 5.97 Å². The number of ether oxygens (including phenoxy) is 1. The van der Waals surface area contributed by atoms with Crippen molar-refractivity contribution in [2.45, 2.75) is 26.5 Å². The summed E-state index contributed by atoms with van der Waals surface area (Å²) in [5, 5.41) is 7.92. The number of esters is 1. The molecule has 0 aliphatic rings. The lowest BCUT2D eigenvalue weighted by Crippen LogP contribution is -2.30. The van der Waals surface area contributed by atoms with Crippen molar-refractivity contribution in [3.8, 4) is 11.3 Å². The van der Waals surface area contributed by atoms with Gasteiger partial charge in [-0.05, 0) is 32.0 Å². The molecule has 0 aliphatic heterocycles. The first kappa shape index (κ1) is 21.5. The molecule has 1 N–H and O–H groups in total. The molecular formula is C23H20ClN5O3. The van der Waals surface area contributed by atoms with Crippen molar-refractivity contribution in [2.75, 3.05) is 5.32 Å². The number of aromatic nitrogens is 4. The highest BCUT2D eigenvalue weighted by Crippen LogP contribution is 2.26. The highest BCUT2D eigenvalue weighted by Gasteiger charge is 2.23. The predicted octanol–water partition coefficient (Wildman–Crippen LogP) is 4.35. The molecule has 8 nitrogen and oxygen atoms in total. The number of amides is 1. The summed E-state index contributed by atoms with van der Waals surface area (Å²) in [5.41, 5.74) is 2.33. The average Bonchev–Trinajstić information content (AvgIpc) is 3.23. The maximum Gasteiger partial charge on any atom is 0.339 e. The van der Waals surface area contributed by atoms with E-state index in [9.17, 15) is 9.59 Å². The molecule has 0 saturated heterocycles. The zero-order valence-corrected chi connectivity index (χ0v) is 18.2. The predicted molar refractivity (Wildman–Crippen MR) is 121 cm³/mol. The van der Waals surface area contributed by atoms with E-state index in [1.807, 2.05) is 37.3 Å². The molecule has 0 bridgehead atoms. The second-order valence-corrected chi connectivity index (χ2v) is 7.45. The van der Waals surface area contributed by atoms with Crippen molar-refractivity contribution in [1.82, 2.24) is 19.7 Å². The SMILES string of the molecule is CCn1ncc2c(C(=O)OC(C)C(=O)Nc3ccc(Cl)cn3)cc(-c3ccccc3)nc21. The number of anilines is 1. The topological polar surface area (TPSA) is 99.0 Å². The molecule has 162 valence electrons. The highest BCUT2D eigenvalue weighted by molar-refractivity contribution is 6.30. The number of nitrogens with one attached hydrogen (secondary N) is 1. The molecule has 0 fully saturated rings. The van der Waals surface area contributed by atoms with E-state index < -0.39 is 18.0 Å². The number of fused-ring (bicyclic) bond motifs is 1. The molecule has 0 radical (unpaired) electrons. The minimum Gasteiger partial charge on any atom is -0.449 e. The zero-order valence-electron chi connectivity index (χ0n) is 17.4. The lowest BCUT2D eigenvalue weighted by Gasteiger charge is -2.14. The molecular weight excluding hydrogens is 430 g/mol. The Hall–Kier alpha value is -3.78. The minimum atomic E-state index is -1.05. The number of pyridine rings is 2. The Morgan fingerprint density at radius 3 is 2.62 bits per heavy atom. The molecule has 4 rings (SSSR count). The summed E-state index contributed by atoms with van der Waals surface area (Å²) in [6, 6.07) is 14.3. The molecule has 0 saturated carbocycles. The molecule has 1 unspecified atom stereocenters. The summed E-state index contributed by atoms with van der Waals surface area (Å²) in [5.74, 6) is -0.841. The third kappa shape index (κ3) is 4.45. The van der Waals surface area contributed by atoms with Crippen molar-refractivity contribution in [3.63, 3.8) is 0 Å². The van der Waals surface area contributed by atoms with Gasteiger partial charge < -0.3 is 10.1 Å². The maximum atomic E-state index is 13.1. The van der Waals surface area contributed by atoms with Crippen LogP contribution in [0.3, 0.4) is 0 Å². The van der Waals surface area contributed by atoms with Crippen LogP contribution in [0.2, 0.25) is 5.02 Å². The van der Waals surface area contributed by atoms with Gasteiger partial charge in [0.05, 0.1) is 27.9 Å². The van der Waals surface area contributed by atoms with Gasteiger partial charge in [0.15, 0.2) is 11.8 Å². The lowest BCUT2D eigenvalue weighted by molar-refractivity contribution is -0.123. The smallest absolute Gasteiger partial charge is 0.339 e. The third-order valence-electron chi connectivity index (χ3n) is 4.83. The molecule has 0 aliphatic carbocycles. The number of carbonyl (C=O) groups excluding carboxylic acids is 2. The van der Waals surface area contributed by atoms with Crippen molar-refractivity contribution >= 4 is 40.3 Å². The normalized spacial score (nSPS) is 11.8. The molecule has 0 spiro atoms. The molecule has 4 aromatic rings. The van der Waals surface area contributed by atoms with Gasteiger partial charge in [-0.3, -0.25) is 4.79 Å². The summed E-state index contributed by atoms with van der Waals surface area (Å²) in [6.07, 6.45) is 1.95. The van der Waals surface area contributed by atoms with Crippen LogP contribution in [0.25, 0.3) is 22.3 Å². The molecule has 3 aromatic heterocycles. The second-order valence-electron chi connectivity index (χ2n) is 7.02. The first-order valence-corrected chi connectivity index (χ1v) is 10.4. The van der Waals surface area contributed by atoms with Crippen molar-refractivity contribution < 1.29 is 14.3 Å². The highest BCUT2D eigenvalue weighted by atomic mass is 35.5. The number of hydrogen-bond donors (Lipinski definition) is 1. The number of hydrogen-bond acceptors (Lipinski definition) is 6. The standard InChI is InChI=1S/C23H20ClN5O3/c1-3-29-21-18(13-26-29)17(11-19(27-21)15-7-5-4-6-8-15)23(31)32-14(2)22(30)28-20-10-9-16(24)12-25-20/h4-14H,3H2,1-2H3,(H,25,28,30). The Balaban J connectivity index is 1.61. The Morgan fingerprint density at radius 1 is 1.16 bits per heavy atom. The van der Waals surface area contributed by atoms with E-state index >= 15 is 0 Å². The van der Waals surface area contributed by atoms with Gasteiger partial charge in [0, 0.05) is 18.3 Å². The van der Waals surface area contributed by atoms with Crippen LogP contribution in [-0.4, -0.2) is 37.7 Å². The van der Waals surface area contributed by atoms with Gasteiger partial charge in [-0.25, -0.2) is 19.4 Å². The van der Waals surface area contributed by atoms with Crippen LogP contribution in [0.5, 0.6) is 0 Å². The molecule has 1 aromatic carbocycles. The van der Waals surface area contributed by atoms with Crippen LogP contribution in [0.1, 0.15) is 24.2 Å². The molecule has 1 amide bonds. The summed E-state index contributed by atoms with van der Waals surface area (Å²) in [4.78, 5) is 34.2. The molecule has 32 heavy (non-hydrogen) atoms. The van der Waals surface area contributed by atoms with Gasteiger partial charge in [-0.2, -0.15) is 5.10 Å². The summed E-state index contributed by atoms with van der Waals surface area (Å²) >= 11 is 5.81. The largest absolute Gasteiger partial charge is 0.449 e. The van der Waals surface area contributed by atoms with E-state index in [4.69, 9.17) is 21.3 Å². The summed E-state index contributed by atoms with van der Waals surface area (Å²) in [7, 11) is 0. The van der Waals surface area contributed by atoms with Crippen LogP contribution >= 0.6 is 11.6 Å². The fourth-order valence-corrected chi connectivity index (χ4v) is 3.27. The first-order valence-electron chi connectivity index (χ1n) is 10.0. The van der Waals surface area contributed by atoms with Gasteiger partial charge in [-0.15, -0.1) is 0 Å². The van der Waals surface area contributed by atoms with E-state index in [1.165, 1.54) is 13.1 Å². The second kappa shape index (κ2) is 9.15. The fraction of sp³-hybridized carbons (Fsp3) is 0.174. The molecule has 1 atom stereocenters. The van der Waals surface area contributed by atoms with E-state index in [-0.39, 0.29) is 5.56 Å². The fourth-order valence-electron chi connectivity index (χ4n) is 3.16. The number of rotatable bonds is 6. The third-order valence-corrected chi connectivity index (χ3v) is 5.05. The number of halogens is 1. The Morgan fingerprint density at radius 2 is 1.94 bits per heavy atom. The Bertz CT molecular complexity index is 1270. The number of carbonyl (C=O) groups is 2. The average molecular weight is 450 g/mol. The number of benzene rings is 1. The lowest BCUT2D eigenvalue weighted by atomic mass is 10.1. The van der Waals surface area contributed by atoms with E-state index in [2.05, 4.69) is 15.4 Å². The maximum absolute atomic E-state index is 13.1. The Kier molecular flexibility index (Phi) is 6.13.